The van der Waals surface area contributed by atoms with Crippen LogP contribution in [0.15, 0.2) is 48.5 Å². The Labute approximate surface area is 163 Å². The second-order valence-corrected chi connectivity index (χ2v) is 6.94. The molecule has 5 nitrogen and oxygen atoms in total. The lowest BCUT2D eigenvalue weighted by atomic mass is 10.2. The van der Waals surface area contributed by atoms with Crippen LogP contribution in [0.5, 0.6) is 5.75 Å². The second kappa shape index (κ2) is 8.98. The Kier molecular flexibility index (Phi) is 6.97. The number of ether oxygens (including phenoxy) is 1. The monoisotopic (exact) mass is 391 g/mol. The fraction of sp³-hybridized carbons (Fsp3) is 0.263. The first-order chi connectivity index (χ1) is 12.1. The van der Waals surface area contributed by atoms with Crippen molar-refractivity contribution in [2.75, 3.05) is 39.2 Å². The highest BCUT2D eigenvalue weighted by Crippen LogP contribution is 2.34. The van der Waals surface area contributed by atoms with Crippen LogP contribution >= 0.6 is 23.7 Å². The summed E-state index contributed by atoms with van der Waals surface area (Å²) < 4.78 is 6.40. The molecule has 0 aliphatic rings. The van der Waals surface area contributed by atoms with E-state index in [1.54, 1.807) is 12.0 Å². The van der Waals surface area contributed by atoms with Crippen molar-refractivity contribution in [3.8, 4) is 5.75 Å². The van der Waals surface area contributed by atoms with Gasteiger partial charge in [-0.1, -0.05) is 35.6 Å². The molecule has 3 rings (SSSR count). The van der Waals surface area contributed by atoms with Crippen molar-refractivity contribution in [1.29, 1.82) is 0 Å². The van der Waals surface area contributed by atoms with Gasteiger partial charge in [-0.15, -0.1) is 12.4 Å². The molecule has 0 saturated heterocycles. The molecule has 0 unspecified atom stereocenters. The molecular formula is C19H22ClN3O2S. The second-order valence-electron chi connectivity index (χ2n) is 5.93. The molecule has 1 amide bonds. The van der Waals surface area contributed by atoms with E-state index in [-0.39, 0.29) is 18.3 Å². The van der Waals surface area contributed by atoms with Crippen molar-refractivity contribution in [1.82, 2.24) is 9.88 Å². The highest BCUT2D eigenvalue weighted by molar-refractivity contribution is 7.22. The van der Waals surface area contributed by atoms with Gasteiger partial charge in [-0.05, 0) is 38.4 Å². The van der Waals surface area contributed by atoms with E-state index >= 15 is 0 Å². The molecule has 26 heavy (non-hydrogen) atoms. The molecule has 138 valence electrons. The molecule has 0 radical (unpaired) electrons. The fourth-order valence-corrected chi connectivity index (χ4v) is 3.52. The maximum Gasteiger partial charge on any atom is 0.260 e. The zero-order valence-electron chi connectivity index (χ0n) is 15.0. The summed E-state index contributed by atoms with van der Waals surface area (Å²) in [7, 11) is 5.62. The number of carbonyl (C=O) groups excluding carboxylic acids is 1. The number of para-hydroxylation sites is 1. The lowest BCUT2D eigenvalue weighted by Gasteiger charge is -2.22. The predicted molar refractivity (Wildman–Crippen MR) is 110 cm³/mol. The van der Waals surface area contributed by atoms with Gasteiger partial charge >= 0.3 is 0 Å². The summed E-state index contributed by atoms with van der Waals surface area (Å²) in [5.74, 6) is 0.681. The van der Waals surface area contributed by atoms with Gasteiger partial charge < -0.3 is 9.64 Å². The Bertz CT molecular complexity index is 868. The highest BCUT2D eigenvalue weighted by atomic mass is 35.5. The number of methoxy groups -OCH3 is 1. The third-order valence-corrected chi connectivity index (χ3v) is 4.90. The van der Waals surface area contributed by atoms with Crippen molar-refractivity contribution >= 4 is 45.0 Å². The molecule has 1 heterocycles. The molecule has 0 atom stereocenters. The Hall–Kier alpha value is -2.15. The summed E-state index contributed by atoms with van der Waals surface area (Å²) in [6.07, 6.45) is 0. The van der Waals surface area contributed by atoms with Gasteiger partial charge in [0.15, 0.2) is 5.13 Å². The summed E-state index contributed by atoms with van der Waals surface area (Å²) in [5, 5.41) is 0.690. The number of likely N-dealkylation sites (N-methyl/N-ethyl adjacent to an activating group) is 1. The molecule has 0 N–H and O–H groups in total. The summed E-state index contributed by atoms with van der Waals surface area (Å²) >= 11 is 1.51. The summed E-state index contributed by atoms with van der Waals surface area (Å²) in [4.78, 5) is 21.5. The first-order valence-electron chi connectivity index (χ1n) is 8.05. The van der Waals surface area contributed by atoms with E-state index < -0.39 is 0 Å². The lowest BCUT2D eigenvalue weighted by Crippen LogP contribution is -2.36. The quantitative estimate of drug-likeness (QED) is 0.638. The van der Waals surface area contributed by atoms with E-state index in [0.717, 1.165) is 22.5 Å². The van der Waals surface area contributed by atoms with Crippen molar-refractivity contribution in [2.45, 2.75) is 0 Å². The van der Waals surface area contributed by atoms with Crippen LogP contribution < -0.4 is 9.64 Å². The van der Waals surface area contributed by atoms with Crippen LogP contribution in [0.1, 0.15) is 10.4 Å². The third-order valence-electron chi connectivity index (χ3n) is 3.86. The number of thiazole rings is 1. The van der Waals surface area contributed by atoms with Crippen LogP contribution in [0.25, 0.3) is 10.2 Å². The van der Waals surface area contributed by atoms with Gasteiger partial charge in [0, 0.05) is 18.7 Å². The van der Waals surface area contributed by atoms with Gasteiger partial charge in [0.25, 0.3) is 5.91 Å². The van der Waals surface area contributed by atoms with Gasteiger partial charge in [-0.2, -0.15) is 0 Å². The SMILES string of the molecule is COc1cccc2sc(N(CCN(C)C)C(=O)c3ccccc3)nc12.Cl. The van der Waals surface area contributed by atoms with E-state index in [1.165, 1.54) is 11.3 Å². The Morgan fingerprint density at radius 2 is 1.81 bits per heavy atom. The van der Waals surface area contributed by atoms with Crippen molar-refractivity contribution in [3.05, 3.63) is 54.1 Å². The molecule has 3 aromatic rings. The first-order valence-corrected chi connectivity index (χ1v) is 8.87. The largest absolute Gasteiger partial charge is 0.494 e. The standard InChI is InChI=1S/C19H21N3O2S.ClH/c1-21(2)12-13-22(18(23)14-8-5-4-6-9-14)19-20-17-15(24-3)10-7-11-16(17)25-19;/h4-11H,12-13H2,1-3H3;1H. The van der Waals surface area contributed by atoms with Gasteiger partial charge in [-0.25, -0.2) is 4.98 Å². The van der Waals surface area contributed by atoms with Crippen LogP contribution in [0.2, 0.25) is 0 Å². The third kappa shape index (κ3) is 4.33. The van der Waals surface area contributed by atoms with Crippen LogP contribution in [0.3, 0.4) is 0 Å². The molecule has 1 aromatic heterocycles. The van der Waals surface area contributed by atoms with Crippen molar-refractivity contribution in [2.24, 2.45) is 0 Å². The van der Waals surface area contributed by atoms with Gasteiger partial charge in [0.05, 0.1) is 11.8 Å². The molecule has 0 saturated carbocycles. The minimum Gasteiger partial charge on any atom is -0.494 e. The summed E-state index contributed by atoms with van der Waals surface area (Å²) in [5.41, 5.74) is 1.45. The molecule has 0 aliphatic carbocycles. The molecule has 0 bridgehead atoms. The average Bonchev–Trinajstić information content (AvgIpc) is 3.06. The topological polar surface area (TPSA) is 45.7 Å². The molecular weight excluding hydrogens is 370 g/mol. The van der Waals surface area contributed by atoms with Gasteiger partial charge in [-0.3, -0.25) is 9.69 Å². The van der Waals surface area contributed by atoms with Crippen molar-refractivity contribution < 1.29 is 9.53 Å². The summed E-state index contributed by atoms with van der Waals surface area (Å²) in [6.45, 7) is 1.33. The number of fused-ring (bicyclic) bond motifs is 1. The van der Waals surface area contributed by atoms with Crippen molar-refractivity contribution in [3.63, 3.8) is 0 Å². The first kappa shape index (κ1) is 20.2. The maximum atomic E-state index is 13.0. The molecule has 2 aromatic carbocycles. The number of hydrogen-bond donors (Lipinski definition) is 0. The minimum atomic E-state index is -0.0412. The van der Waals surface area contributed by atoms with E-state index in [1.807, 2.05) is 62.6 Å². The zero-order chi connectivity index (χ0) is 17.8. The number of rotatable bonds is 6. The minimum absolute atomic E-state index is 0. The number of halogens is 1. The maximum absolute atomic E-state index is 13.0. The molecule has 0 aliphatic heterocycles. The van der Waals surface area contributed by atoms with Crippen LogP contribution in [0, 0.1) is 0 Å². The molecule has 0 fully saturated rings. The predicted octanol–water partition coefficient (Wildman–Crippen LogP) is 3.94. The fourth-order valence-electron chi connectivity index (χ4n) is 2.51. The smallest absolute Gasteiger partial charge is 0.260 e. The van der Waals surface area contributed by atoms with Crippen LogP contribution in [-0.2, 0) is 0 Å². The van der Waals surface area contributed by atoms with E-state index in [0.29, 0.717) is 17.2 Å². The highest BCUT2D eigenvalue weighted by Gasteiger charge is 2.22. The number of nitrogens with zero attached hydrogens (tertiary/aromatic N) is 3. The van der Waals surface area contributed by atoms with Crippen LogP contribution in [0.4, 0.5) is 5.13 Å². The molecule has 0 spiro atoms. The number of anilines is 1. The number of hydrogen-bond acceptors (Lipinski definition) is 5. The van der Waals surface area contributed by atoms with E-state index in [9.17, 15) is 4.79 Å². The Morgan fingerprint density at radius 1 is 1.08 bits per heavy atom. The molecule has 7 heteroatoms. The number of aromatic nitrogens is 1. The average molecular weight is 392 g/mol. The van der Waals surface area contributed by atoms with Crippen LogP contribution in [-0.4, -0.2) is 50.1 Å². The van der Waals surface area contributed by atoms with E-state index in [2.05, 4.69) is 9.88 Å². The summed E-state index contributed by atoms with van der Waals surface area (Å²) in [6, 6.07) is 15.1. The van der Waals surface area contributed by atoms with Gasteiger partial charge in [0.2, 0.25) is 0 Å². The normalized spacial score (nSPS) is 10.6. The number of carbonyl (C=O) groups is 1. The van der Waals surface area contributed by atoms with Gasteiger partial charge in [0.1, 0.15) is 11.3 Å². The van der Waals surface area contributed by atoms with E-state index in [4.69, 9.17) is 4.74 Å². The lowest BCUT2D eigenvalue weighted by molar-refractivity contribution is 0.0985. The Balaban J connectivity index is 0.00000243. The Morgan fingerprint density at radius 3 is 2.46 bits per heavy atom. The number of amides is 1. The number of benzene rings is 2. The zero-order valence-corrected chi connectivity index (χ0v) is 16.6.